The van der Waals surface area contributed by atoms with E-state index >= 15 is 0 Å². The highest BCUT2D eigenvalue weighted by Crippen LogP contribution is 2.13. The Morgan fingerprint density at radius 3 is 2.39 bits per heavy atom. The number of nitriles is 1. The molecule has 2 N–H and O–H groups in total. The molecule has 0 aliphatic carbocycles. The highest BCUT2D eigenvalue weighted by Gasteiger charge is 2.11. The highest BCUT2D eigenvalue weighted by atomic mass is 16.2. The third-order valence-corrected chi connectivity index (χ3v) is 3.22. The van der Waals surface area contributed by atoms with Crippen LogP contribution in [0.1, 0.15) is 17.5 Å². The van der Waals surface area contributed by atoms with Gasteiger partial charge in [-0.1, -0.05) is 42.5 Å². The number of hydrogen-bond acceptors (Lipinski definition) is 3. The number of anilines is 1. The summed E-state index contributed by atoms with van der Waals surface area (Å²) in [5, 5.41) is 14.2. The molecule has 0 fully saturated rings. The van der Waals surface area contributed by atoms with Crippen LogP contribution in [-0.2, 0) is 16.0 Å². The van der Waals surface area contributed by atoms with Gasteiger partial charge >= 0.3 is 0 Å². The lowest BCUT2D eigenvalue weighted by Crippen LogP contribution is -2.29. The van der Waals surface area contributed by atoms with Crippen molar-refractivity contribution in [1.29, 1.82) is 5.26 Å². The van der Waals surface area contributed by atoms with Gasteiger partial charge in [-0.15, -0.1) is 0 Å². The molecule has 23 heavy (non-hydrogen) atoms. The zero-order valence-corrected chi connectivity index (χ0v) is 12.6. The fourth-order valence-corrected chi connectivity index (χ4v) is 2.08. The second-order valence-electron chi connectivity index (χ2n) is 4.97. The van der Waals surface area contributed by atoms with Crippen LogP contribution in [0, 0.1) is 11.3 Å². The molecule has 0 aromatic heterocycles. The zero-order chi connectivity index (χ0) is 16.5. The second-order valence-corrected chi connectivity index (χ2v) is 4.97. The normalized spacial score (nSPS) is 9.70. The minimum absolute atomic E-state index is 0.269. The predicted molar refractivity (Wildman–Crippen MR) is 87.6 cm³/mol. The molecule has 0 heterocycles. The first-order chi connectivity index (χ1) is 11.2. The van der Waals surface area contributed by atoms with E-state index in [1.165, 1.54) is 0 Å². The van der Waals surface area contributed by atoms with Crippen molar-refractivity contribution < 1.29 is 9.59 Å². The van der Waals surface area contributed by atoms with E-state index in [4.69, 9.17) is 5.26 Å². The SMILES string of the molecule is N#Cc1ccccc1NC(=O)CC(=O)NCCc1ccccc1. The van der Waals surface area contributed by atoms with E-state index < -0.39 is 5.91 Å². The zero-order valence-electron chi connectivity index (χ0n) is 12.6. The number of nitrogens with zero attached hydrogens (tertiary/aromatic N) is 1. The molecule has 5 nitrogen and oxygen atoms in total. The minimum atomic E-state index is -0.440. The molecular formula is C18H17N3O2. The number of hydrogen-bond donors (Lipinski definition) is 2. The van der Waals surface area contributed by atoms with E-state index in [-0.39, 0.29) is 12.3 Å². The molecule has 0 bridgehead atoms. The maximum atomic E-state index is 11.8. The van der Waals surface area contributed by atoms with Crippen LogP contribution >= 0.6 is 0 Å². The van der Waals surface area contributed by atoms with Gasteiger partial charge in [0.15, 0.2) is 0 Å². The number of nitrogens with one attached hydrogen (secondary N) is 2. The Bertz CT molecular complexity index is 721. The number of carbonyl (C=O) groups excluding carboxylic acids is 2. The second kappa shape index (κ2) is 8.35. The molecule has 2 amide bonds. The van der Waals surface area contributed by atoms with E-state index in [1.807, 2.05) is 36.4 Å². The van der Waals surface area contributed by atoms with Crippen LogP contribution in [0.2, 0.25) is 0 Å². The maximum absolute atomic E-state index is 11.8. The van der Waals surface area contributed by atoms with Crippen LogP contribution in [0.25, 0.3) is 0 Å². The largest absolute Gasteiger partial charge is 0.355 e. The highest BCUT2D eigenvalue weighted by molar-refractivity contribution is 6.04. The molecule has 0 unspecified atom stereocenters. The van der Waals surface area contributed by atoms with Crippen LogP contribution in [0.15, 0.2) is 54.6 Å². The Labute approximate surface area is 134 Å². The molecule has 0 saturated carbocycles. The lowest BCUT2D eigenvalue weighted by Gasteiger charge is -2.07. The van der Waals surface area contributed by atoms with E-state index in [1.54, 1.807) is 24.3 Å². The Balaban J connectivity index is 1.77. The van der Waals surface area contributed by atoms with Crippen molar-refractivity contribution in [2.75, 3.05) is 11.9 Å². The van der Waals surface area contributed by atoms with Crippen LogP contribution in [0.3, 0.4) is 0 Å². The molecule has 0 atom stereocenters. The first-order valence-electron chi connectivity index (χ1n) is 7.28. The average molecular weight is 307 g/mol. The van der Waals surface area contributed by atoms with E-state index in [0.717, 1.165) is 5.56 Å². The number of benzene rings is 2. The summed E-state index contributed by atoms with van der Waals surface area (Å²) in [5.41, 5.74) is 1.91. The topological polar surface area (TPSA) is 82.0 Å². The van der Waals surface area contributed by atoms with Gasteiger partial charge in [0.2, 0.25) is 11.8 Å². The van der Waals surface area contributed by atoms with Gasteiger partial charge in [0.1, 0.15) is 12.5 Å². The summed E-state index contributed by atoms with van der Waals surface area (Å²) in [4.78, 5) is 23.6. The number of para-hydroxylation sites is 1. The van der Waals surface area contributed by atoms with Gasteiger partial charge in [0, 0.05) is 6.54 Å². The summed E-state index contributed by atoms with van der Waals surface area (Å²) in [5.74, 6) is -0.780. The number of rotatable bonds is 6. The molecule has 0 aliphatic rings. The lowest BCUT2D eigenvalue weighted by atomic mass is 10.1. The molecule has 5 heteroatoms. The molecule has 0 radical (unpaired) electrons. The summed E-state index contributed by atoms with van der Waals surface area (Å²) in [6.45, 7) is 0.477. The first-order valence-corrected chi connectivity index (χ1v) is 7.28. The summed E-state index contributed by atoms with van der Waals surface area (Å²) in [6, 6.07) is 18.4. The van der Waals surface area contributed by atoms with Crippen molar-refractivity contribution >= 4 is 17.5 Å². The van der Waals surface area contributed by atoms with Gasteiger partial charge < -0.3 is 10.6 Å². The smallest absolute Gasteiger partial charge is 0.233 e. The fourth-order valence-electron chi connectivity index (χ4n) is 2.08. The Kier molecular flexibility index (Phi) is 5.89. The number of amides is 2. The molecule has 2 rings (SSSR count). The van der Waals surface area contributed by atoms with Crippen molar-refractivity contribution in [2.45, 2.75) is 12.8 Å². The van der Waals surface area contributed by atoms with Crippen molar-refractivity contribution in [3.63, 3.8) is 0 Å². The lowest BCUT2D eigenvalue weighted by molar-refractivity contribution is -0.126. The summed E-state index contributed by atoms with van der Waals surface area (Å²) in [7, 11) is 0. The van der Waals surface area contributed by atoms with E-state index in [0.29, 0.717) is 24.2 Å². The van der Waals surface area contributed by atoms with Crippen LogP contribution < -0.4 is 10.6 Å². The Morgan fingerprint density at radius 2 is 1.65 bits per heavy atom. The molecular weight excluding hydrogens is 290 g/mol. The summed E-state index contributed by atoms with van der Waals surface area (Å²) in [6.07, 6.45) is 0.444. The third-order valence-electron chi connectivity index (χ3n) is 3.22. The molecule has 2 aromatic carbocycles. The average Bonchev–Trinajstić information content (AvgIpc) is 2.56. The molecule has 0 aliphatic heterocycles. The molecule has 0 saturated heterocycles. The molecule has 0 spiro atoms. The van der Waals surface area contributed by atoms with E-state index in [9.17, 15) is 9.59 Å². The quantitative estimate of drug-likeness (QED) is 0.803. The predicted octanol–water partition coefficient (Wildman–Crippen LogP) is 2.25. The molecule has 116 valence electrons. The third kappa shape index (κ3) is 5.29. The number of carbonyl (C=O) groups is 2. The van der Waals surface area contributed by atoms with Crippen LogP contribution in [0.5, 0.6) is 0 Å². The minimum Gasteiger partial charge on any atom is -0.355 e. The van der Waals surface area contributed by atoms with Gasteiger partial charge in [-0.2, -0.15) is 5.26 Å². The Hall–Kier alpha value is -3.13. The van der Waals surface area contributed by atoms with Gasteiger partial charge in [-0.25, -0.2) is 0 Å². The van der Waals surface area contributed by atoms with Crippen molar-refractivity contribution in [1.82, 2.24) is 5.32 Å². The molecule has 2 aromatic rings. The monoisotopic (exact) mass is 307 g/mol. The maximum Gasteiger partial charge on any atom is 0.233 e. The van der Waals surface area contributed by atoms with Crippen molar-refractivity contribution in [3.8, 4) is 6.07 Å². The van der Waals surface area contributed by atoms with Gasteiger partial charge in [-0.05, 0) is 24.1 Å². The summed E-state index contributed by atoms with van der Waals surface area (Å²) < 4.78 is 0. The van der Waals surface area contributed by atoms with Crippen LogP contribution in [-0.4, -0.2) is 18.4 Å². The van der Waals surface area contributed by atoms with Gasteiger partial charge in [0.25, 0.3) is 0 Å². The Morgan fingerprint density at radius 1 is 0.957 bits per heavy atom. The van der Waals surface area contributed by atoms with Gasteiger partial charge in [0.05, 0.1) is 11.3 Å². The van der Waals surface area contributed by atoms with Crippen molar-refractivity contribution in [3.05, 3.63) is 65.7 Å². The van der Waals surface area contributed by atoms with Crippen LogP contribution in [0.4, 0.5) is 5.69 Å². The summed E-state index contributed by atoms with van der Waals surface area (Å²) >= 11 is 0. The van der Waals surface area contributed by atoms with Crippen molar-refractivity contribution in [2.24, 2.45) is 0 Å². The fraction of sp³-hybridized carbons (Fsp3) is 0.167. The standard InChI is InChI=1S/C18H17N3O2/c19-13-15-8-4-5-9-16(15)21-18(23)12-17(22)20-11-10-14-6-2-1-3-7-14/h1-9H,10-12H2,(H,20,22)(H,21,23). The van der Waals surface area contributed by atoms with Gasteiger partial charge in [-0.3, -0.25) is 9.59 Å². The first kappa shape index (κ1) is 16.2. The van der Waals surface area contributed by atoms with E-state index in [2.05, 4.69) is 10.6 Å².